The Hall–Kier alpha value is -3.62. The van der Waals surface area contributed by atoms with Gasteiger partial charge in [-0.2, -0.15) is 0 Å². The average molecular weight is 521 g/mol. The number of rotatable bonds is 8. The Morgan fingerprint density at radius 3 is 1.25 bits per heavy atom. The minimum absolute atomic E-state index is 0.124. The monoisotopic (exact) mass is 520 g/mol. The molecule has 0 heterocycles. The Morgan fingerprint density at radius 1 is 0.500 bits per heavy atom. The molecule has 0 aliphatic carbocycles. The third-order valence-electron chi connectivity index (χ3n) is 5.69. The Morgan fingerprint density at radius 2 is 0.861 bits per heavy atom. The van der Waals surface area contributed by atoms with Gasteiger partial charge in [-0.15, -0.1) is 0 Å². The van der Waals surface area contributed by atoms with Gasteiger partial charge in [0, 0.05) is 0 Å². The van der Waals surface area contributed by atoms with Gasteiger partial charge in [0.25, 0.3) is 20.0 Å². The molecule has 8 heteroatoms. The lowest BCUT2D eigenvalue weighted by Crippen LogP contribution is -2.15. The summed E-state index contributed by atoms with van der Waals surface area (Å²) in [7, 11) is -7.74. The highest BCUT2D eigenvalue weighted by atomic mass is 32.2. The van der Waals surface area contributed by atoms with E-state index < -0.39 is 20.0 Å². The van der Waals surface area contributed by atoms with Crippen molar-refractivity contribution in [3.05, 3.63) is 119 Å². The molecule has 0 aliphatic rings. The molecule has 2 N–H and O–H groups in total. The second kappa shape index (κ2) is 10.2. The van der Waals surface area contributed by atoms with Gasteiger partial charge in [0.1, 0.15) is 0 Å². The number of hydrogen-bond donors (Lipinski definition) is 2. The molecule has 4 aromatic carbocycles. The lowest BCUT2D eigenvalue weighted by atomic mass is 10.0. The average Bonchev–Trinajstić information content (AvgIpc) is 2.80. The third-order valence-corrected chi connectivity index (χ3v) is 8.48. The van der Waals surface area contributed by atoms with Crippen LogP contribution in [-0.4, -0.2) is 16.8 Å². The molecular weight excluding hydrogens is 492 g/mol. The summed E-state index contributed by atoms with van der Waals surface area (Å²) >= 11 is 0. The summed E-state index contributed by atoms with van der Waals surface area (Å²) in [5.41, 5.74) is 5.33. The minimum Gasteiger partial charge on any atom is -0.280 e. The fourth-order valence-corrected chi connectivity index (χ4v) is 5.80. The van der Waals surface area contributed by atoms with Crippen LogP contribution in [0.1, 0.15) is 27.8 Å². The molecule has 0 saturated carbocycles. The molecule has 0 unspecified atom stereocenters. The largest absolute Gasteiger partial charge is 0.280 e. The predicted octanol–water partition coefficient (Wildman–Crippen LogP) is 5.80. The molecule has 0 fully saturated rings. The molecule has 36 heavy (non-hydrogen) atoms. The van der Waals surface area contributed by atoms with Crippen LogP contribution < -0.4 is 9.44 Å². The molecular formula is C28H28N2O4S2. The molecule has 4 rings (SSSR count). The van der Waals surface area contributed by atoms with Crippen molar-refractivity contribution in [3.8, 4) is 0 Å². The van der Waals surface area contributed by atoms with Gasteiger partial charge >= 0.3 is 0 Å². The molecule has 0 saturated heterocycles. The van der Waals surface area contributed by atoms with Crippen LogP contribution in [0.25, 0.3) is 0 Å². The van der Waals surface area contributed by atoms with Crippen LogP contribution in [0, 0.1) is 20.8 Å². The SMILES string of the molecule is Cc1ccc(Cc2cc(NS(=O)(=O)c3ccc(C)cc3)cc(NS(=O)(=O)c3ccc(C)cc3)c2)cc1. The maximum Gasteiger partial charge on any atom is 0.261 e. The highest BCUT2D eigenvalue weighted by molar-refractivity contribution is 7.93. The van der Waals surface area contributed by atoms with Gasteiger partial charge in [-0.3, -0.25) is 9.44 Å². The summed E-state index contributed by atoms with van der Waals surface area (Å²) in [4.78, 5) is 0.248. The van der Waals surface area contributed by atoms with Crippen molar-refractivity contribution in [2.75, 3.05) is 9.44 Å². The van der Waals surface area contributed by atoms with Gasteiger partial charge in [0.05, 0.1) is 21.2 Å². The summed E-state index contributed by atoms with van der Waals surface area (Å²) in [6, 6.07) is 26.0. The van der Waals surface area contributed by atoms with Crippen LogP contribution in [0.5, 0.6) is 0 Å². The molecule has 0 radical (unpaired) electrons. The van der Waals surface area contributed by atoms with Crippen LogP contribution in [0.3, 0.4) is 0 Å². The van der Waals surface area contributed by atoms with Crippen LogP contribution in [0.2, 0.25) is 0 Å². The van der Waals surface area contributed by atoms with Crippen molar-refractivity contribution in [2.24, 2.45) is 0 Å². The van der Waals surface area contributed by atoms with E-state index in [4.69, 9.17) is 0 Å². The first-order valence-corrected chi connectivity index (χ1v) is 14.4. The Labute approximate surface area is 213 Å². The molecule has 0 atom stereocenters. The number of aryl methyl sites for hydroxylation is 3. The topological polar surface area (TPSA) is 92.3 Å². The molecule has 6 nitrogen and oxygen atoms in total. The predicted molar refractivity (Wildman–Crippen MR) is 144 cm³/mol. The Kier molecular flexibility index (Phi) is 7.19. The van der Waals surface area contributed by atoms with Crippen LogP contribution in [0.4, 0.5) is 11.4 Å². The van der Waals surface area contributed by atoms with E-state index in [0.717, 1.165) is 27.8 Å². The first kappa shape index (κ1) is 25.5. The van der Waals surface area contributed by atoms with Gasteiger partial charge in [-0.05, 0) is 80.8 Å². The molecule has 186 valence electrons. The maximum atomic E-state index is 13.0. The van der Waals surface area contributed by atoms with Crippen molar-refractivity contribution in [3.63, 3.8) is 0 Å². The standard InChI is InChI=1S/C28H28N2O4S2/c1-20-4-10-23(11-5-20)16-24-17-25(29-35(31,32)27-12-6-21(2)7-13-27)19-26(18-24)30-36(33,34)28-14-8-22(3)9-15-28/h4-15,17-19,29-30H,16H2,1-3H3. The normalized spacial score (nSPS) is 11.8. The highest BCUT2D eigenvalue weighted by Crippen LogP contribution is 2.26. The van der Waals surface area contributed by atoms with Crippen molar-refractivity contribution >= 4 is 31.4 Å². The Balaban J connectivity index is 1.70. The first-order chi connectivity index (χ1) is 17.0. The molecule has 0 aromatic heterocycles. The van der Waals surface area contributed by atoms with Crippen molar-refractivity contribution in [1.29, 1.82) is 0 Å². The van der Waals surface area contributed by atoms with Crippen molar-refractivity contribution in [2.45, 2.75) is 37.0 Å². The molecule has 0 bridgehead atoms. The molecule has 0 amide bonds. The fraction of sp³-hybridized carbons (Fsp3) is 0.143. The van der Waals surface area contributed by atoms with Crippen molar-refractivity contribution < 1.29 is 16.8 Å². The summed E-state index contributed by atoms with van der Waals surface area (Å²) < 4.78 is 57.3. The van der Waals surface area contributed by atoms with Gasteiger partial charge in [-0.1, -0.05) is 65.2 Å². The highest BCUT2D eigenvalue weighted by Gasteiger charge is 2.18. The third kappa shape index (κ3) is 6.33. The van der Waals surface area contributed by atoms with Crippen LogP contribution >= 0.6 is 0 Å². The van der Waals surface area contributed by atoms with E-state index in [-0.39, 0.29) is 21.2 Å². The molecule has 0 spiro atoms. The number of nitrogens with one attached hydrogen (secondary N) is 2. The lowest BCUT2D eigenvalue weighted by Gasteiger charge is -2.14. The fourth-order valence-electron chi connectivity index (χ4n) is 3.72. The van der Waals surface area contributed by atoms with E-state index in [1.165, 1.54) is 30.3 Å². The summed E-state index contributed by atoms with van der Waals surface area (Å²) in [6.07, 6.45) is 0.500. The second-order valence-corrected chi connectivity index (χ2v) is 12.3. The smallest absolute Gasteiger partial charge is 0.261 e. The number of hydrogen-bond acceptors (Lipinski definition) is 4. The van der Waals surface area contributed by atoms with E-state index in [1.807, 2.05) is 45.0 Å². The molecule has 4 aromatic rings. The van der Waals surface area contributed by atoms with Gasteiger partial charge in [0.2, 0.25) is 0 Å². The summed E-state index contributed by atoms with van der Waals surface area (Å²) in [5.74, 6) is 0. The quantitative estimate of drug-likeness (QED) is 0.307. The van der Waals surface area contributed by atoms with Gasteiger partial charge in [-0.25, -0.2) is 16.8 Å². The van der Waals surface area contributed by atoms with Crippen LogP contribution in [-0.2, 0) is 26.5 Å². The zero-order chi connectivity index (χ0) is 25.9. The second-order valence-electron chi connectivity index (χ2n) is 8.92. The minimum atomic E-state index is -3.87. The maximum absolute atomic E-state index is 13.0. The summed E-state index contributed by atoms with van der Waals surface area (Å²) in [6.45, 7) is 5.76. The Bertz CT molecular complexity index is 1480. The van der Waals surface area contributed by atoms with Crippen molar-refractivity contribution in [1.82, 2.24) is 0 Å². The zero-order valence-electron chi connectivity index (χ0n) is 20.3. The van der Waals surface area contributed by atoms with E-state index in [1.54, 1.807) is 36.4 Å². The van der Waals surface area contributed by atoms with E-state index in [2.05, 4.69) is 9.44 Å². The lowest BCUT2D eigenvalue weighted by molar-refractivity contribution is 0.599. The van der Waals surface area contributed by atoms with Gasteiger partial charge < -0.3 is 0 Å². The summed E-state index contributed by atoms with van der Waals surface area (Å²) in [5, 5.41) is 0. The van der Waals surface area contributed by atoms with E-state index >= 15 is 0 Å². The molecule has 0 aliphatic heterocycles. The van der Waals surface area contributed by atoms with E-state index in [9.17, 15) is 16.8 Å². The zero-order valence-corrected chi connectivity index (χ0v) is 21.9. The number of sulfonamides is 2. The number of anilines is 2. The van der Waals surface area contributed by atoms with E-state index in [0.29, 0.717) is 6.42 Å². The van der Waals surface area contributed by atoms with Gasteiger partial charge in [0.15, 0.2) is 0 Å². The number of benzene rings is 4. The van der Waals surface area contributed by atoms with Crippen LogP contribution in [0.15, 0.2) is 101 Å². The first-order valence-electron chi connectivity index (χ1n) is 11.4.